The van der Waals surface area contributed by atoms with Crippen molar-refractivity contribution in [3.05, 3.63) is 35.9 Å². The van der Waals surface area contributed by atoms with Crippen LogP contribution in [0.25, 0.3) is 0 Å². The van der Waals surface area contributed by atoms with Crippen LogP contribution < -0.4 is 5.32 Å². The number of nitrogens with zero attached hydrogens (tertiary/aromatic N) is 2. The van der Waals surface area contributed by atoms with Crippen molar-refractivity contribution < 1.29 is 4.79 Å². The number of carbonyl (C=O) groups excluding carboxylic acids is 1. The van der Waals surface area contributed by atoms with E-state index in [9.17, 15) is 4.79 Å². The number of amides is 1. The van der Waals surface area contributed by atoms with Gasteiger partial charge < -0.3 is 5.32 Å². The van der Waals surface area contributed by atoms with E-state index in [2.05, 4.69) is 45.4 Å². The lowest BCUT2D eigenvalue weighted by Gasteiger charge is -2.42. The van der Waals surface area contributed by atoms with Crippen LogP contribution >= 0.6 is 0 Å². The summed E-state index contributed by atoms with van der Waals surface area (Å²) in [5.74, 6) is 1.29. The van der Waals surface area contributed by atoms with Gasteiger partial charge >= 0.3 is 0 Å². The first-order valence-electron chi connectivity index (χ1n) is 10.6. The zero-order valence-corrected chi connectivity index (χ0v) is 15.9. The molecule has 0 unspecified atom stereocenters. The van der Waals surface area contributed by atoms with E-state index in [1.54, 1.807) is 0 Å². The van der Waals surface area contributed by atoms with Crippen molar-refractivity contribution in [2.75, 3.05) is 32.7 Å². The van der Waals surface area contributed by atoms with Gasteiger partial charge in [-0.15, -0.1) is 0 Å². The average Bonchev–Trinajstić information content (AvgIpc) is 3.52. The minimum Gasteiger partial charge on any atom is -0.356 e. The summed E-state index contributed by atoms with van der Waals surface area (Å²) >= 11 is 0. The Hall–Kier alpha value is -1.39. The third kappa shape index (κ3) is 4.86. The third-order valence-corrected chi connectivity index (χ3v) is 6.41. The molecular formula is C22H33N3O. The fourth-order valence-corrected chi connectivity index (χ4v) is 4.55. The van der Waals surface area contributed by atoms with E-state index in [0.29, 0.717) is 11.9 Å². The van der Waals surface area contributed by atoms with E-state index in [1.807, 2.05) is 0 Å². The van der Waals surface area contributed by atoms with Crippen molar-refractivity contribution in [1.29, 1.82) is 0 Å². The summed E-state index contributed by atoms with van der Waals surface area (Å²) in [4.78, 5) is 17.7. The molecule has 0 aromatic heterocycles. The molecule has 1 aromatic carbocycles. The fourth-order valence-electron chi connectivity index (χ4n) is 4.55. The molecule has 4 nitrogen and oxygen atoms in total. The van der Waals surface area contributed by atoms with Crippen LogP contribution in [0.3, 0.4) is 0 Å². The highest BCUT2D eigenvalue weighted by Crippen LogP contribution is 2.28. The van der Waals surface area contributed by atoms with Crippen molar-refractivity contribution >= 4 is 5.91 Å². The number of benzene rings is 1. The Kier molecular flexibility index (Phi) is 5.91. The number of carbonyl (C=O) groups is 1. The number of hydrogen-bond acceptors (Lipinski definition) is 3. The first-order chi connectivity index (χ1) is 12.8. The summed E-state index contributed by atoms with van der Waals surface area (Å²) in [6.45, 7) is 6.48. The summed E-state index contributed by atoms with van der Waals surface area (Å²) in [5, 5.41) is 3.20. The van der Waals surface area contributed by atoms with Crippen LogP contribution in [0.15, 0.2) is 30.3 Å². The van der Waals surface area contributed by atoms with Gasteiger partial charge in [0.15, 0.2) is 0 Å². The van der Waals surface area contributed by atoms with E-state index in [-0.39, 0.29) is 5.92 Å². The van der Waals surface area contributed by atoms with Gasteiger partial charge in [-0.2, -0.15) is 0 Å². The summed E-state index contributed by atoms with van der Waals surface area (Å²) < 4.78 is 0. The molecule has 0 spiro atoms. The Labute approximate surface area is 157 Å². The SMILES string of the molecule is O=C(NCC1CC1)[C@H]1CCCN(C2CCN(Cc3ccccc3)CC2)C1. The third-order valence-electron chi connectivity index (χ3n) is 6.41. The topological polar surface area (TPSA) is 35.6 Å². The van der Waals surface area contributed by atoms with Crippen molar-refractivity contribution in [2.45, 2.75) is 51.1 Å². The van der Waals surface area contributed by atoms with Crippen LogP contribution in [0.1, 0.15) is 44.1 Å². The summed E-state index contributed by atoms with van der Waals surface area (Å²) in [5.41, 5.74) is 1.41. The molecule has 0 bridgehead atoms. The van der Waals surface area contributed by atoms with Crippen molar-refractivity contribution in [3.63, 3.8) is 0 Å². The van der Waals surface area contributed by atoms with Crippen LogP contribution in [0, 0.1) is 11.8 Å². The Morgan fingerprint density at radius 3 is 2.50 bits per heavy atom. The highest BCUT2D eigenvalue weighted by molar-refractivity contribution is 5.79. The predicted octanol–water partition coefficient (Wildman–Crippen LogP) is 2.89. The van der Waals surface area contributed by atoms with E-state index in [1.165, 1.54) is 57.3 Å². The minimum absolute atomic E-state index is 0.213. The number of piperidine rings is 2. The highest BCUT2D eigenvalue weighted by Gasteiger charge is 2.32. The van der Waals surface area contributed by atoms with Crippen LogP contribution in [-0.4, -0.2) is 54.5 Å². The molecule has 1 saturated carbocycles. The maximum absolute atomic E-state index is 12.5. The van der Waals surface area contributed by atoms with Crippen LogP contribution in [-0.2, 0) is 11.3 Å². The lowest BCUT2D eigenvalue weighted by molar-refractivity contribution is -0.127. The molecule has 1 aromatic rings. The molecule has 0 radical (unpaired) electrons. The highest BCUT2D eigenvalue weighted by atomic mass is 16.1. The molecule has 2 heterocycles. The van der Waals surface area contributed by atoms with Crippen LogP contribution in [0.2, 0.25) is 0 Å². The van der Waals surface area contributed by atoms with Gasteiger partial charge in [-0.3, -0.25) is 14.6 Å². The lowest BCUT2D eigenvalue weighted by Crippen LogP contribution is -2.50. The first kappa shape index (κ1) is 18.0. The maximum atomic E-state index is 12.5. The standard InChI is InChI=1S/C22H33N3O/c26-22(23-15-18-8-9-18)20-7-4-12-25(17-20)21-10-13-24(14-11-21)16-19-5-2-1-3-6-19/h1-3,5-6,18,20-21H,4,7-17H2,(H,23,26)/t20-/m0/s1. The van der Waals surface area contributed by atoms with E-state index in [4.69, 9.17) is 0 Å². The van der Waals surface area contributed by atoms with Crippen molar-refractivity contribution in [1.82, 2.24) is 15.1 Å². The average molecular weight is 356 g/mol. The molecule has 142 valence electrons. The molecule has 2 saturated heterocycles. The Balaban J connectivity index is 1.22. The quantitative estimate of drug-likeness (QED) is 0.852. The van der Waals surface area contributed by atoms with Gasteiger partial charge in [0.2, 0.25) is 5.91 Å². The Morgan fingerprint density at radius 2 is 1.77 bits per heavy atom. The van der Waals surface area contributed by atoms with Gasteiger partial charge in [-0.05, 0) is 69.6 Å². The largest absolute Gasteiger partial charge is 0.356 e. The normalized spacial score (nSPS) is 25.9. The van der Waals surface area contributed by atoms with Crippen molar-refractivity contribution in [3.8, 4) is 0 Å². The molecule has 26 heavy (non-hydrogen) atoms. The van der Waals surface area contributed by atoms with Gasteiger partial charge in [-0.1, -0.05) is 30.3 Å². The molecule has 4 rings (SSSR count). The Bertz CT molecular complexity index is 578. The molecule has 3 fully saturated rings. The number of rotatable bonds is 6. The number of likely N-dealkylation sites (tertiary alicyclic amines) is 2. The van der Waals surface area contributed by atoms with Crippen LogP contribution in [0.5, 0.6) is 0 Å². The molecule has 1 atom stereocenters. The molecule has 2 aliphatic heterocycles. The minimum atomic E-state index is 0.213. The molecule has 1 N–H and O–H groups in total. The smallest absolute Gasteiger partial charge is 0.224 e. The van der Waals surface area contributed by atoms with Gasteiger partial charge in [0, 0.05) is 25.7 Å². The second-order valence-electron chi connectivity index (χ2n) is 8.52. The zero-order chi connectivity index (χ0) is 17.8. The maximum Gasteiger partial charge on any atom is 0.224 e. The summed E-state index contributed by atoms with van der Waals surface area (Å²) in [6, 6.07) is 11.5. The van der Waals surface area contributed by atoms with Gasteiger partial charge in [-0.25, -0.2) is 0 Å². The first-order valence-corrected chi connectivity index (χ1v) is 10.6. The second-order valence-corrected chi connectivity index (χ2v) is 8.52. The van der Waals surface area contributed by atoms with Gasteiger partial charge in [0.05, 0.1) is 5.92 Å². The second kappa shape index (κ2) is 8.53. The Morgan fingerprint density at radius 1 is 1.00 bits per heavy atom. The van der Waals surface area contributed by atoms with E-state index < -0.39 is 0 Å². The summed E-state index contributed by atoms with van der Waals surface area (Å²) in [7, 11) is 0. The number of nitrogens with one attached hydrogen (secondary N) is 1. The lowest BCUT2D eigenvalue weighted by atomic mass is 9.93. The predicted molar refractivity (Wildman–Crippen MR) is 105 cm³/mol. The fraction of sp³-hybridized carbons (Fsp3) is 0.682. The zero-order valence-electron chi connectivity index (χ0n) is 15.9. The molecule has 3 aliphatic rings. The molecular weight excluding hydrogens is 322 g/mol. The molecule has 1 aliphatic carbocycles. The monoisotopic (exact) mass is 355 g/mol. The van der Waals surface area contributed by atoms with Crippen LogP contribution in [0.4, 0.5) is 0 Å². The van der Waals surface area contributed by atoms with Gasteiger partial charge in [0.25, 0.3) is 0 Å². The van der Waals surface area contributed by atoms with E-state index in [0.717, 1.165) is 32.0 Å². The van der Waals surface area contributed by atoms with Crippen molar-refractivity contribution in [2.24, 2.45) is 11.8 Å². The summed E-state index contributed by atoms with van der Waals surface area (Å²) in [6.07, 6.45) is 7.33. The molecule has 1 amide bonds. The van der Waals surface area contributed by atoms with Gasteiger partial charge in [0.1, 0.15) is 0 Å². The molecule has 4 heteroatoms. The number of hydrogen-bond donors (Lipinski definition) is 1. The van der Waals surface area contributed by atoms with E-state index >= 15 is 0 Å².